The van der Waals surface area contributed by atoms with Crippen LogP contribution in [-0.4, -0.2) is 0 Å². The third kappa shape index (κ3) is 3.23. The predicted molar refractivity (Wildman–Crippen MR) is 85.1 cm³/mol. The average Bonchev–Trinajstić information content (AvgIpc) is 3.30. The van der Waals surface area contributed by atoms with Crippen LogP contribution < -0.4 is 5.32 Å². The topological polar surface area (TPSA) is 12.0 Å². The van der Waals surface area contributed by atoms with Crippen LogP contribution in [0.2, 0.25) is 5.02 Å². The molecule has 2 heteroatoms. The Bertz CT molecular complexity index is 572. The average molecular weight is 286 g/mol. The Morgan fingerprint density at radius 3 is 2.50 bits per heavy atom. The molecule has 1 nitrogen and oxygen atoms in total. The van der Waals surface area contributed by atoms with Gasteiger partial charge < -0.3 is 5.32 Å². The van der Waals surface area contributed by atoms with Gasteiger partial charge in [0.05, 0.1) is 0 Å². The monoisotopic (exact) mass is 285 g/mol. The molecule has 20 heavy (non-hydrogen) atoms. The summed E-state index contributed by atoms with van der Waals surface area (Å²) in [7, 11) is 0. The van der Waals surface area contributed by atoms with Crippen molar-refractivity contribution in [3.05, 3.63) is 70.2 Å². The number of rotatable bonds is 5. The van der Waals surface area contributed by atoms with E-state index in [0.717, 1.165) is 17.5 Å². The van der Waals surface area contributed by atoms with Gasteiger partial charge >= 0.3 is 0 Å². The first-order chi connectivity index (χ1) is 9.74. The highest BCUT2D eigenvalue weighted by atomic mass is 35.5. The molecule has 1 saturated carbocycles. The molecule has 0 bridgehead atoms. The van der Waals surface area contributed by atoms with Gasteiger partial charge in [-0.2, -0.15) is 0 Å². The van der Waals surface area contributed by atoms with E-state index < -0.39 is 0 Å². The van der Waals surface area contributed by atoms with Crippen LogP contribution in [0.4, 0.5) is 0 Å². The number of hydrogen-bond acceptors (Lipinski definition) is 1. The first-order valence-corrected chi connectivity index (χ1v) is 7.68. The SMILES string of the molecule is C[C@@H](NCc1ccccc1C1CC1)c1ccc(Cl)cc1. The lowest BCUT2D eigenvalue weighted by Crippen LogP contribution is -2.18. The van der Waals surface area contributed by atoms with Gasteiger partial charge in [0.25, 0.3) is 0 Å². The Hall–Kier alpha value is -1.31. The summed E-state index contributed by atoms with van der Waals surface area (Å²) in [6, 6.07) is 17.2. The molecule has 1 atom stereocenters. The van der Waals surface area contributed by atoms with Crippen LogP contribution in [0.3, 0.4) is 0 Å². The molecule has 104 valence electrons. The van der Waals surface area contributed by atoms with Crippen LogP contribution in [0.15, 0.2) is 48.5 Å². The second-order valence-electron chi connectivity index (χ2n) is 5.63. The zero-order valence-corrected chi connectivity index (χ0v) is 12.5. The number of halogens is 1. The Labute approximate surface area is 126 Å². The molecular weight excluding hydrogens is 266 g/mol. The molecule has 2 aromatic rings. The molecular formula is C18H20ClN. The van der Waals surface area contributed by atoms with Crippen molar-refractivity contribution in [2.75, 3.05) is 0 Å². The summed E-state index contributed by atoms with van der Waals surface area (Å²) < 4.78 is 0. The van der Waals surface area contributed by atoms with Gasteiger partial charge in [-0.3, -0.25) is 0 Å². The van der Waals surface area contributed by atoms with E-state index in [9.17, 15) is 0 Å². The highest BCUT2D eigenvalue weighted by molar-refractivity contribution is 6.30. The van der Waals surface area contributed by atoms with E-state index in [1.54, 1.807) is 0 Å². The van der Waals surface area contributed by atoms with E-state index in [1.165, 1.54) is 29.5 Å². The van der Waals surface area contributed by atoms with Crippen molar-refractivity contribution < 1.29 is 0 Å². The maximum atomic E-state index is 5.93. The molecule has 0 aliphatic heterocycles. The van der Waals surface area contributed by atoms with Gasteiger partial charge in [-0.05, 0) is 54.5 Å². The predicted octanol–water partition coefficient (Wildman–Crippen LogP) is 5.07. The highest BCUT2D eigenvalue weighted by Gasteiger charge is 2.25. The third-order valence-corrected chi connectivity index (χ3v) is 4.29. The van der Waals surface area contributed by atoms with E-state index in [-0.39, 0.29) is 0 Å². The minimum Gasteiger partial charge on any atom is -0.306 e. The molecule has 0 heterocycles. The van der Waals surface area contributed by atoms with Crippen molar-refractivity contribution in [1.29, 1.82) is 0 Å². The van der Waals surface area contributed by atoms with Gasteiger partial charge in [-0.1, -0.05) is 48.0 Å². The Kier molecular flexibility index (Phi) is 4.09. The molecule has 0 spiro atoms. The summed E-state index contributed by atoms with van der Waals surface area (Å²) in [6.07, 6.45) is 2.70. The second-order valence-corrected chi connectivity index (χ2v) is 6.06. The van der Waals surface area contributed by atoms with Crippen LogP contribution in [-0.2, 0) is 6.54 Å². The van der Waals surface area contributed by atoms with E-state index >= 15 is 0 Å². The largest absolute Gasteiger partial charge is 0.306 e. The summed E-state index contributed by atoms with van der Waals surface area (Å²) in [6.45, 7) is 3.12. The lowest BCUT2D eigenvalue weighted by atomic mass is 10.0. The molecule has 0 unspecified atom stereocenters. The molecule has 1 fully saturated rings. The van der Waals surface area contributed by atoms with Crippen molar-refractivity contribution in [2.24, 2.45) is 0 Å². The first-order valence-electron chi connectivity index (χ1n) is 7.30. The summed E-state index contributed by atoms with van der Waals surface area (Å²) >= 11 is 5.93. The Morgan fingerprint density at radius 1 is 1.10 bits per heavy atom. The minimum absolute atomic E-state index is 0.333. The molecule has 0 radical (unpaired) electrons. The molecule has 1 aliphatic rings. The number of nitrogens with one attached hydrogen (secondary N) is 1. The third-order valence-electron chi connectivity index (χ3n) is 4.04. The van der Waals surface area contributed by atoms with Crippen LogP contribution >= 0.6 is 11.6 Å². The van der Waals surface area contributed by atoms with Gasteiger partial charge in [-0.25, -0.2) is 0 Å². The fraction of sp³-hybridized carbons (Fsp3) is 0.333. The van der Waals surface area contributed by atoms with E-state index in [2.05, 4.69) is 48.6 Å². The second kappa shape index (κ2) is 5.99. The summed E-state index contributed by atoms with van der Waals surface area (Å²) in [4.78, 5) is 0. The Morgan fingerprint density at radius 2 is 1.80 bits per heavy atom. The zero-order valence-electron chi connectivity index (χ0n) is 11.8. The van der Waals surface area contributed by atoms with Crippen LogP contribution in [0.1, 0.15) is 48.4 Å². The lowest BCUT2D eigenvalue weighted by Gasteiger charge is -2.16. The fourth-order valence-electron chi connectivity index (χ4n) is 2.62. The molecule has 0 aromatic heterocycles. The quantitative estimate of drug-likeness (QED) is 0.809. The van der Waals surface area contributed by atoms with E-state index in [4.69, 9.17) is 11.6 Å². The van der Waals surface area contributed by atoms with Gasteiger partial charge in [0.2, 0.25) is 0 Å². The van der Waals surface area contributed by atoms with Gasteiger partial charge in [0.1, 0.15) is 0 Å². The zero-order chi connectivity index (χ0) is 13.9. The van der Waals surface area contributed by atoms with Gasteiger partial charge in [0.15, 0.2) is 0 Å². The molecule has 2 aromatic carbocycles. The molecule has 1 aliphatic carbocycles. The summed E-state index contributed by atoms with van der Waals surface area (Å²) in [5, 5.41) is 4.41. The van der Waals surface area contributed by atoms with E-state index in [1.807, 2.05) is 12.1 Å². The Balaban J connectivity index is 1.65. The maximum absolute atomic E-state index is 5.93. The van der Waals surface area contributed by atoms with Crippen molar-refractivity contribution in [2.45, 2.75) is 38.3 Å². The van der Waals surface area contributed by atoms with Crippen molar-refractivity contribution in [1.82, 2.24) is 5.32 Å². The van der Waals surface area contributed by atoms with Crippen LogP contribution in [0.25, 0.3) is 0 Å². The van der Waals surface area contributed by atoms with Crippen molar-refractivity contribution >= 4 is 11.6 Å². The van der Waals surface area contributed by atoms with Gasteiger partial charge in [-0.15, -0.1) is 0 Å². The standard InChI is InChI=1S/C18H20ClN/c1-13(14-8-10-17(19)11-9-14)20-12-16-4-2-3-5-18(16)15-6-7-15/h2-5,8-11,13,15,20H,6-7,12H2,1H3/t13-/m1/s1. The first kappa shape index (κ1) is 13.7. The maximum Gasteiger partial charge on any atom is 0.0406 e. The van der Waals surface area contributed by atoms with Crippen LogP contribution in [0.5, 0.6) is 0 Å². The smallest absolute Gasteiger partial charge is 0.0406 e. The summed E-state index contributed by atoms with van der Waals surface area (Å²) in [5.74, 6) is 0.804. The minimum atomic E-state index is 0.333. The molecule has 3 rings (SSSR count). The molecule has 1 N–H and O–H groups in total. The molecule has 0 amide bonds. The highest BCUT2D eigenvalue weighted by Crippen LogP contribution is 2.41. The van der Waals surface area contributed by atoms with E-state index in [0.29, 0.717) is 6.04 Å². The number of benzene rings is 2. The van der Waals surface area contributed by atoms with Crippen molar-refractivity contribution in [3.63, 3.8) is 0 Å². The van der Waals surface area contributed by atoms with Crippen LogP contribution in [0, 0.1) is 0 Å². The fourth-order valence-corrected chi connectivity index (χ4v) is 2.75. The van der Waals surface area contributed by atoms with Crippen molar-refractivity contribution in [3.8, 4) is 0 Å². The summed E-state index contributed by atoms with van der Waals surface area (Å²) in [5.41, 5.74) is 4.25. The number of hydrogen-bond donors (Lipinski definition) is 1. The lowest BCUT2D eigenvalue weighted by molar-refractivity contribution is 0.572. The molecule has 0 saturated heterocycles. The van der Waals surface area contributed by atoms with Gasteiger partial charge in [0, 0.05) is 17.6 Å². The normalized spacial score (nSPS) is 16.1.